The molecule has 0 aromatic heterocycles. The van der Waals surface area contributed by atoms with E-state index in [9.17, 15) is 9.90 Å². The topological polar surface area (TPSA) is 40.5 Å². The van der Waals surface area contributed by atoms with Crippen LogP contribution < -0.4 is 0 Å². The summed E-state index contributed by atoms with van der Waals surface area (Å²) in [7, 11) is 0. The third-order valence-electron chi connectivity index (χ3n) is 5.06. The molecule has 4 unspecified atom stereocenters. The zero-order valence-corrected chi connectivity index (χ0v) is 11.9. The molecule has 0 amide bonds. The zero-order valence-electron chi connectivity index (χ0n) is 11.9. The van der Waals surface area contributed by atoms with Crippen LogP contribution in [0.25, 0.3) is 0 Å². The number of carboxylic acid groups (broad SMARTS) is 1. The van der Waals surface area contributed by atoms with Gasteiger partial charge in [-0.2, -0.15) is 0 Å². The fraction of sp³-hybridized carbons (Fsp3) is 0.933. The molecule has 1 saturated heterocycles. The molecule has 18 heavy (non-hydrogen) atoms. The average molecular weight is 253 g/mol. The summed E-state index contributed by atoms with van der Waals surface area (Å²) in [6.45, 7) is 8.47. The fourth-order valence-electron chi connectivity index (χ4n) is 3.97. The Kier molecular flexibility index (Phi) is 4.31. The van der Waals surface area contributed by atoms with Gasteiger partial charge in [0.1, 0.15) is 0 Å². The summed E-state index contributed by atoms with van der Waals surface area (Å²) in [6.07, 6.45) is 5.26. The first-order chi connectivity index (χ1) is 8.50. The van der Waals surface area contributed by atoms with Gasteiger partial charge in [0.05, 0.1) is 5.92 Å². The van der Waals surface area contributed by atoms with E-state index in [2.05, 4.69) is 25.7 Å². The highest BCUT2D eigenvalue weighted by atomic mass is 16.4. The molecular formula is C15H27NO2. The summed E-state index contributed by atoms with van der Waals surface area (Å²) in [4.78, 5) is 13.7. The quantitative estimate of drug-likeness (QED) is 0.841. The number of nitrogens with zero attached hydrogens (tertiary/aromatic N) is 1. The van der Waals surface area contributed by atoms with Crippen LogP contribution in [-0.4, -0.2) is 35.1 Å². The monoisotopic (exact) mass is 253 g/mol. The van der Waals surface area contributed by atoms with Crippen molar-refractivity contribution in [1.29, 1.82) is 0 Å². The van der Waals surface area contributed by atoms with E-state index in [0.29, 0.717) is 12.0 Å². The van der Waals surface area contributed by atoms with E-state index in [1.165, 1.54) is 25.7 Å². The summed E-state index contributed by atoms with van der Waals surface area (Å²) in [5.74, 6) is 1.02. The van der Waals surface area contributed by atoms with E-state index in [4.69, 9.17) is 0 Å². The Hall–Kier alpha value is -0.570. The lowest BCUT2D eigenvalue weighted by Gasteiger charge is -2.40. The minimum Gasteiger partial charge on any atom is -0.481 e. The summed E-state index contributed by atoms with van der Waals surface area (Å²) >= 11 is 0. The molecular weight excluding hydrogens is 226 g/mol. The van der Waals surface area contributed by atoms with E-state index in [-0.39, 0.29) is 5.92 Å². The maximum Gasteiger partial charge on any atom is 0.308 e. The molecule has 0 aromatic carbocycles. The minimum atomic E-state index is -0.609. The van der Waals surface area contributed by atoms with Crippen molar-refractivity contribution in [3.63, 3.8) is 0 Å². The van der Waals surface area contributed by atoms with Crippen molar-refractivity contribution in [2.45, 2.75) is 52.5 Å². The van der Waals surface area contributed by atoms with Crippen LogP contribution in [0, 0.1) is 23.7 Å². The van der Waals surface area contributed by atoms with Crippen molar-refractivity contribution in [2.24, 2.45) is 23.7 Å². The predicted octanol–water partition coefficient (Wildman–Crippen LogP) is 2.85. The van der Waals surface area contributed by atoms with Gasteiger partial charge < -0.3 is 5.11 Å². The van der Waals surface area contributed by atoms with Crippen molar-refractivity contribution in [2.75, 3.05) is 13.1 Å². The molecule has 1 aliphatic heterocycles. The second-order valence-corrected chi connectivity index (χ2v) is 6.64. The van der Waals surface area contributed by atoms with E-state index in [0.717, 1.165) is 24.9 Å². The Morgan fingerprint density at radius 2 is 1.89 bits per heavy atom. The number of aliphatic carboxylic acids is 1. The van der Waals surface area contributed by atoms with Crippen molar-refractivity contribution in [1.82, 2.24) is 4.90 Å². The van der Waals surface area contributed by atoms with Gasteiger partial charge in [0.25, 0.3) is 0 Å². The lowest BCUT2D eigenvalue weighted by Crippen LogP contribution is -2.43. The van der Waals surface area contributed by atoms with Crippen LogP contribution in [0.1, 0.15) is 46.5 Å². The molecule has 1 saturated carbocycles. The number of hydrogen-bond donors (Lipinski definition) is 1. The van der Waals surface area contributed by atoms with Crippen LogP contribution >= 0.6 is 0 Å². The van der Waals surface area contributed by atoms with Crippen molar-refractivity contribution < 1.29 is 9.90 Å². The SMILES string of the molecule is CC(C)C1CCCCC1N1CC(C)C(C(=O)O)C1. The van der Waals surface area contributed by atoms with Crippen molar-refractivity contribution in [3.8, 4) is 0 Å². The standard InChI is InChI=1S/C15H27NO2/c1-10(2)12-6-4-5-7-14(12)16-8-11(3)13(9-16)15(17)18/h10-14H,4-9H2,1-3H3,(H,17,18). The molecule has 104 valence electrons. The lowest BCUT2D eigenvalue weighted by atomic mass is 9.77. The Bertz CT molecular complexity index is 303. The molecule has 3 nitrogen and oxygen atoms in total. The van der Waals surface area contributed by atoms with Gasteiger partial charge in [0.2, 0.25) is 0 Å². The fourth-order valence-corrected chi connectivity index (χ4v) is 3.97. The maximum absolute atomic E-state index is 11.2. The first kappa shape index (κ1) is 13.9. The number of likely N-dealkylation sites (tertiary alicyclic amines) is 1. The molecule has 2 fully saturated rings. The summed E-state index contributed by atoms with van der Waals surface area (Å²) in [6, 6.07) is 0.630. The molecule has 4 atom stereocenters. The Morgan fingerprint density at radius 3 is 2.44 bits per heavy atom. The van der Waals surface area contributed by atoms with Gasteiger partial charge in [-0.25, -0.2) is 0 Å². The Balaban J connectivity index is 2.04. The van der Waals surface area contributed by atoms with Gasteiger partial charge in [0, 0.05) is 19.1 Å². The third kappa shape index (κ3) is 2.71. The van der Waals surface area contributed by atoms with Crippen LogP contribution in [0.4, 0.5) is 0 Å². The summed E-state index contributed by atoms with van der Waals surface area (Å²) < 4.78 is 0. The average Bonchev–Trinajstić information content (AvgIpc) is 2.71. The van der Waals surface area contributed by atoms with E-state index in [1.54, 1.807) is 0 Å². The first-order valence-electron chi connectivity index (χ1n) is 7.47. The van der Waals surface area contributed by atoms with Crippen molar-refractivity contribution in [3.05, 3.63) is 0 Å². The first-order valence-corrected chi connectivity index (χ1v) is 7.47. The Labute approximate surface area is 111 Å². The molecule has 2 rings (SSSR count). The highest BCUT2D eigenvalue weighted by molar-refractivity contribution is 5.71. The van der Waals surface area contributed by atoms with Crippen LogP contribution in [0.2, 0.25) is 0 Å². The van der Waals surface area contributed by atoms with Gasteiger partial charge in [-0.15, -0.1) is 0 Å². The van der Waals surface area contributed by atoms with E-state index >= 15 is 0 Å². The molecule has 0 spiro atoms. The van der Waals surface area contributed by atoms with Crippen LogP contribution in [0.5, 0.6) is 0 Å². The third-order valence-corrected chi connectivity index (χ3v) is 5.06. The number of carboxylic acids is 1. The highest BCUT2D eigenvalue weighted by Crippen LogP contribution is 2.37. The molecule has 0 aromatic rings. The highest BCUT2D eigenvalue weighted by Gasteiger charge is 2.41. The molecule has 1 N–H and O–H groups in total. The molecule has 0 bridgehead atoms. The second kappa shape index (κ2) is 5.60. The van der Waals surface area contributed by atoms with E-state index in [1.807, 2.05) is 0 Å². The van der Waals surface area contributed by atoms with E-state index < -0.39 is 5.97 Å². The largest absolute Gasteiger partial charge is 0.481 e. The van der Waals surface area contributed by atoms with Gasteiger partial charge in [-0.1, -0.05) is 33.6 Å². The molecule has 1 aliphatic carbocycles. The number of hydrogen-bond acceptors (Lipinski definition) is 2. The summed E-state index contributed by atoms with van der Waals surface area (Å²) in [5.41, 5.74) is 0. The molecule has 2 aliphatic rings. The number of rotatable bonds is 3. The maximum atomic E-state index is 11.2. The molecule has 0 radical (unpaired) electrons. The molecule has 1 heterocycles. The summed E-state index contributed by atoms with van der Waals surface area (Å²) in [5, 5.41) is 9.25. The molecule has 3 heteroatoms. The second-order valence-electron chi connectivity index (χ2n) is 6.64. The smallest absolute Gasteiger partial charge is 0.308 e. The predicted molar refractivity (Wildman–Crippen MR) is 72.4 cm³/mol. The van der Waals surface area contributed by atoms with Crippen molar-refractivity contribution >= 4 is 5.97 Å². The minimum absolute atomic E-state index is 0.153. The lowest BCUT2D eigenvalue weighted by molar-refractivity contribution is -0.142. The van der Waals surface area contributed by atoms with Gasteiger partial charge >= 0.3 is 5.97 Å². The van der Waals surface area contributed by atoms with Crippen LogP contribution in [0.15, 0.2) is 0 Å². The van der Waals surface area contributed by atoms with Gasteiger partial charge in [-0.3, -0.25) is 9.69 Å². The van der Waals surface area contributed by atoms with Crippen LogP contribution in [0.3, 0.4) is 0 Å². The zero-order chi connectivity index (χ0) is 13.3. The number of carbonyl (C=O) groups is 1. The van der Waals surface area contributed by atoms with Gasteiger partial charge in [0.15, 0.2) is 0 Å². The Morgan fingerprint density at radius 1 is 1.22 bits per heavy atom. The normalized spacial score (nSPS) is 38.2. The van der Waals surface area contributed by atoms with Crippen LogP contribution in [-0.2, 0) is 4.79 Å². The van der Waals surface area contributed by atoms with Gasteiger partial charge in [-0.05, 0) is 30.6 Å².